The number of nitrogen functional groups attached to an aromatic ring is 1. The summed E-state index contributed by atoms with van der Waals surface area (Å²) in [5, 5.41) is 21.6. The summed E-state index contributed by atoms with van der Waals surface area (Å²) in [7, 11) is 0. The third-order valence-corrected chi connectivity index (χ3v) is 3.53. The molecule has 8 nitrogen and oxygen atoms in total. The van der Waals surface area contributed by atoms with Crippen LogP contribution in [0.4, 0.5) is 22.7 Å². The Morgan fingerprint density at radius 2 is 1.53 bits per heavy atom. The summed E-state index contributed by atoms with van der Waals surface area (Å²) in [5.74, 6) is 0. The largest absolute Gasteiger partial charge is 0.396 e. The topological polar surface area (TPSA) is 125 Å². The van der Waals surface area contributed by atoms with E-state index in [1.54, 1.807) is 0 Å². The highest BCUT2D eigenvalue weighted by Crippen LogP contribution is 2.50. The van der Waals surface area contributed by atoms with Gasteiger partial charge in [-0.25, -0.2) is 0 Å². The van der Waals surface area contributed by atoms with Gasteiger partial charge in [-0.15, -0.1) is 0 Å². The van der Waals surface area contributed by atoms with Crippen molar-refractivity contribution in [2.75, 3.05) is 5.73 Å². The van der Waals surface area contributed by atoms with E-state index in [9.17, 15) is 20.2 Å². The monoisotopic (exact) mass is 384 g/mol. The third-order valence-electron chi connectivity index (χ3n) is 1.80. The summed E-state index contributed by atoms with van der Waals surface area (Å²) in [6, 6.07) is 0. The molecule has 0 fully saturated rings. The number of hydrogen-bond acceptors (Lipinski definition) is 7. The zero-order valence-electron chi connectivity index (χ0n) is 7.72. The maximum Gasteiger partial charge on any atom is 0.363 e. The first-order valence-electron chi connectivity index (χ1n) is 3.75. The average Bonchev–Trinajstić information content (AvgIpc) is 2.22. The second kappa shape index (κ2) is 4.98. The molecule has 0 aliphatic rings. The van der Waals surface area contributed by atoms with Gasteiger partial charge in [-0.3, -0.25) is 20.2 Å². The van der Waals surface area contributed by atoms with Crippen LogP contribution in [-0.2, 0) is 12.4 Å². The highest BCUT2D eigenvalue weighted by Gasteiger charge is 2.36. The predicted molar refractivity (Wildman–Crippen MR) is 69.0 cm³/mol. The van der Waals surface area contributed by atoms with Crippen LogP contribution in [0.2, 0.25) is 0 Å². The van der Waals surface area contributed by atoms with Gasteiger partial charge in [-0.1, -0.05) is 0 Å². The van der Waals surface area contributed by atoms with E-state index in [0.717, 1.165) is 0 Å². The molecule has 11 heteroatoms. The van der Waals surface area contributed by atoms with Crippen LogP contribution in [0.15, 0.2) is 13.3 Å². The molecule has 0 amide bonds. The Morgan fingerprint density at radius 3 is 1.88 bits per heavy atom. The maximum atomic E-state index is 10.8. The molecular weight excluding hydrogens is 384 g/mol. The first kappa shape index (κ1) is 13.9. The van der Waals surface area contributed by atoms with Crippen LogP contribution in [0.3, 0.4) is 0 Å². The first-order valence-corrected chi connectivity index (χ1v) is 5.70. The lowest BCUT2D eigenvalue weighted by molar-refractivity contribution is -0.423. The Labute approximate surface area is 116 Å². The van der Waals surface area contributed by atoms with Crippen LogP contribution in [0.25, 0.3) is 0 Å². The van der Waals surface area contributed by atoms with Crippen LogP contribution in [0, 0.1) is 20.2 Å². The fourth-order valence-electron chi connectivity index (χ4n) is 1.09. The Hall–Kier alpha value is -1.20. The Kier molecular flexibility index (Phi) is 4.06. The smallest absolute Gasteiger partial charge is 0.363 e. The lowest BCUT2D eigenvalue weighted by Crippen LogP contribution is -2.02. The highest BCUT2D eigenvalue weighted by atomic mass is 79.9. The zero-order chi connectivity index (χ0) is 13.3. The number of benzene rings is 1. The van der Waals surface area contributed by atoms with Crippen molar-refractivity contribution in [3.63, 3.8) is 0 Å². The van der Waals surface area contributed by atoms with Gasteiger partial charge in [0.25, 0.3) is 0 Å². The number of halogens is 2. The molecule has 0 bridgehead atoms. The van der Waals surface area contributed by atoms with Crippen LogP contribution in [0.5, 0.6) is 0 Å². The number of nitrogens with two attached hydrogens (primary N) is 1. The molecule has 0 spiro atoms. The van der Waals surface area contributed by atoms with Crippen molar-refractivity contribution in [2.24, 2.45) is 4.36 Å². The van der Waals surface area contributed by atoms with Crippen molar-refractivity contribution in [2.45, 2.75) is 0 Å². The zero-order valence-corrected chi connectivity index (χ0v) is 11.7. The fraction of sp³-hybridized carbons (Fsp3) is 0. The molecule has 0 saturated heterocycles. The molecule has 0 aliphatic heterocycles. The summed E-state index contributed by atoms with van der Waals surface area (Å²) in [6.45, 7) is 0. The second-order valence-corrected chi connectivity index (χ2v) is 4.46. The SMILES string of the molecule is Nc1c(Br)c([N+](=O)[O-])c([N+](=O)[O-])c(Br)c1N=S. The highest BCUT2D eigenvalue weighted by molar-refractivity contribution is 9.11. The normalized spacial score (nSPS) is 10.0. The van der Waals surface area contributed by atoms with Crippen molar-refractivity contribution in [3.05, 3.63) is 29.2 Å². The van der Waals surface area contributed by atoms with E-state index in [-0.39, 0.29) is 20.3 Å². The van der Waals surface area contributed by atoms with Gasteiger partial charge in [0.2, 0.25) is 0 Å². The minimum atomic E-state index is -0.906. The molecule has 0 aliphatic carbocycles. The van der Waals surface area contributed by atoms with E-state index >= 15 is 0 Å². The summed E-state index contributed by atoms with van der Waals surface area (Å²) in [5.41, 5.74) is 3.81. The van der Waals surface area contributed by atoms with Crippen molar-refractivity contribution in [3.8, 4) is 0 Å². The molecule has 0 radical (unpaired) electrons. The Balaban J connectivity index is 3.90. The lowest BCUT2D eigenvalue weighted by atomic mass is 10.2. The molecule has 0 saturated carbocycles. The fourth-order valence-corrected chi connectivity index (χ4v) is 2.55. The van der Waals surface area contributed by atoms with Crippen molar-refractivity contribution >= 4 is 67.0 Å². The molecule has 2 N–H and O–H groups in total. The molecule has 17 heavy (non-hydrogen) atoms. The molecule has 1 aromatic rings. The molecule has 0 unspecified atom stereocenters. The summed E-state index contributed by atoms with van der Waals surface area (Å²) >= 11 is 10.1. The van der Waals surface area contributed by atoms with Crippen LogP contribution >= 0.6 is 31.9 Å². The van der Waals surface area contributed by atoms with Crippen molar-refractivity contribution < 1.29 is 9.85 Å². The van der Waals surface area contributed by atoms with Gasteiger partial charge in [0, 0.05) is 12.4 Å². The number of hydrogen-bond donors (Lipinski definition) is 1. The van der Waals surface area contributed by atoms with E-state index < -0.39 is 21.2 Å². The van der Waals surface area contributed by atoms with Crippen molar-refractivity contribution in [1.82, 2.24) is 0 Å². The van der Waals surface area contributed by atoms with E-state index in [1.807, 2.05) is 0 Å². The van der Waals surface area contributed by atoms with Gasteiger partial charge in [-0.2, -0.15) is 4.36 Å². The van der Waals surface area contributed by atoms with Gasteiger partial charge >= 0.3 is 11.4 Å². The molecular formula is C6H2Br2N4O4S. The summed E-state index contributed by atoms with van der Waals surface area (Å²) in [4.78, 5) is 19.8. The maximum absolute atomic E-state index is 10.8. The van der Waals surface area contributed by atoms with Crippen LogP contribution in [0.1, 0.15) is 0 Å². The Bertz CT molecular complexity index is 550. The molecule has 0 atom stereocenters. The summed E-state index contributed by atoms with van der Waals surface area (Å²) < 4.78 is 2.89. The van der Waals surface area contributed by atoms with E-state index in [2.05, 4.69) is 48.6 Å². The molecule has 0 heterocycles. The van der Waals surface area contributed by atoms with Gasteiger partial charge < -0.3 is 5.73 Å². The lowest BCUT2D eigenvalue weighted by Gasteiger charge is -2.06. The Morgan fingerprint density at radius 1 is 1.12 bits per heavy atom. The van der Waals surface area contributed by atoms with Crippen LogP contribution < -0.4 is 5.73 Å². The number of nitro groups is 2. The van der Waals surface area contributed by atoms with E-state index in [1.165, 1.54) is 0 Å². The predicted octanol–water partition coefficient (Wildman–Crippen LogP) is 2.97. The van der Waals surface area contributed by atoms with Crippen molar-refractivity contribution in [1.29, 1.82) is 0 Å². The number of nitro benzene ring substituents is 2. The van der Waals surface area contributed by atoms with Gasteiger partial charge in [0.15, 0.2) is 0 Å². The number of rotatable bonds is 3. The third kappa shape index (κ3) is 2.25. The molecule has 1 aromatic carbocycles. The molecule has 1 rings (SSSR count). The summed E-state index contributed by atoms with van der Waals surface area (Å²) in [6.07, 6.45) is 0. The molecule has 0 aromatic heterocycles. The van der Waals surface area contributed by atoms with E-state index in [4.69, 9.17) is 5.73 Å². The minimum absolute atomic E-state index is 0.0934. The van der Waals surface area contributed by atoms with E-state index in [0.29, 0.717) is 0 Å². The quantitative estimate of drug-likeness (QED) is 0.484. The van der Waals surface area contributed by atoms with Gasteiger partial charge in [0.05, 0.1) is 15.5 Å². The van der Waals surface area contributed by atoms with Gasteiger partial charge in [0.1, 0.15) is 14.6 Å². The first-order chi connectivity index (χ1) is 7.82. The standard InChI is InChI=1S/C6H2Br2N4O4S/c7-1-3(9)4(10-17)2(8)6(12(15)16)5(1)11(13)14/h9H2. The second-order valence-electron chi connectivity index (χ2n) is 2.69. The minimum Gasteiger partial charge on any atom is -0.396 e. The van der Waals surface area contributed by atoms with Gasteiger partial charge in [-0.05, 0) is 31.9 Å². The number of anilines is 1. The number of nitrogens with zero attached hydrogens (tertiary/aromatic N) is 3. The average molecular weight is 386 g/mol. The van der Waals surface area contributed by atoms with Crippen LogP contribution in [-0.4, -0.2) is 9.85 Å². The molecule has 90 valence electrons.